The lowest BCUT2D eigenvalue weighted by Crippen LogP contribution is -3.15. The average molecular weight is 402 g/mol. The lowest BCUT2D eigenvalue weighted by atomic mass is 10.0. The van der Waals surface area contributed by atoms with Gasteiger partial charge in [0.05, 0.1) is 30.0 Å². The third-order valence-electron chi connectivity index (χ3n) is 5.56. The van der Waals surface area contributed by atoms with Crippen LogP contribution in [0.3, 0.4) is 0 Å². The van der Waals surface area contributed by atoms with Gasteiger partial charge in [-0.1, -0.05) is 31.2 Å². The van der Waals surface area contributed by atoms with Crippen LogP contribution in [0.2, 0.25) is 0 Å². The van der Waals surface area contributed by atoms with Crippen molar-refractivity contribution in [2.45, 2.75) is 25.9 Å². The maximum absolute atomic E-state index is 13.2. The van der Waals surface area contributed by atoms with Gasteiger partial charge in [-0.25, -0.2) is 4.99 Å². The Kier molecular flexibility index (Phi) is 5.17. The molecule has 1 fully saturated rings. The highest BCUT2D eigenvalue weighted by molar-refractivity contribution is 6.54. The molecule has 0 saturated carbocycles. The molecular formula is C22H23F3N3O+. The Bertz CT molecular complexity index is 954. The van der Waals surface area contributed by atoms with Crippen molar-refractivity contribution in [1.82, 2.24) is 0 Å². The van der Waals surface area contributed by atoms with Gasteiger partial charge in [-0.05, 0) is 37.1 Å². The van der Waals surface area contributed by atoms with Crippen molar-refractivity contribution in [3.63, 3.8) is 0 Å². The monoisotopic (exact) mass is 402 g/mol. The topological polar surface area (TPSA) is 37.1 Å². The van der Waals surface area contributed by atoms with Crippen LogP contribution in [0.4, 0.5) is 24.5 Å². The Morgan fingerprint density at radius 1 is 1.17 bits per heavy atom. The number of hydrogen-bond acceptors (Lipinski definition) is 2. The number of para-hydroxylation sites is 1. The number of hydrogen-bond donors (Lipinski definition) is 1. The molecule has 2 aromatic rings. The van der Waals surface area contributed by atoms with Gasteiger partial charge in [-0.15, -0.1) is 0 Å². The summed E-state index contributed by atoms with van der Waals surface area (Å²) in [5.41, 5.74) is 0.984. The molecule has 1 saturated heterocycles. The van der Waals surface area contributed by atoms with Crippen LogP contribution in [0.1, 0.15) is 30.9 Å². The second kappa shape index (κ2) is 7.63. The number of fused-ring (bicyclic) bond motifs is 1. The lowest BCUT2D eigenvalue weighted by Gasteiger charge is -2.31. The highest BCUT2D eigenvalue weighted by Crippen LogP contribution is 2.33. The number of carbonyl (C=O) groups is 1. The number of quaternary nitrogens is 1. The van der Waals surface area contributed by atoms with Gasteiger partial charge in [0.1, 0.15) is 5.71 Å². The van der Waals surface area contributed by atoms with E-state index in [2.05, 4.69) is 11.9 Å². The molecule has 0 bridgehead atoms. The van der Waals surface area contributed by atoms with E-state index in [1.165, 1.54) is 23.5 Å². The number of alkyl halides is 3. The van der Waals surface area contributed by atoms with Crippen LogP contribution in [0.5, 0.6) is 0 Å². The molecule has 0 spiro atoms. The first-order valence-corrected chi connectivity index (χ1v) is 9.83. The zero-order valence-electron chi connectivity index (χ0n) is 16.2. The fraction of sp³-hybridized carbons (Fsp3) is 0.364. The molecule has 1 amide bonds. The van der Waals surface area contributed by atoms with E-state index in [0.29, 0.717) is 18.2 Å². The van der Waals surface area contributed by atoms with Gasteiger partial charge in [0, 0.05) is 11.5 Å². The molecule has 7 heteroatoms. The van der Waals surface area contributed by atoms with Crippen LogP contribution in [0.25, 0.3) is 0 Å². The molecule has 1 unspecified atom stereocenters. The highest BCUT2D eigenvalue weighted by atomic mass is 19.4. The molecular weight excluding hydrogens is 379 g/mol. The molecule has 2 atom stereocenters. The molecule has 4 nitrogen and oxygen atoms in total. The van der Waals surface area contributed by atoms with Gasteiger partial charge in [0.2, 0.25) is 0 Å². The normalized spacial score (nSPS) is 23.5. The number of piperidine rings is 1. The first-order chi connectivity index (χ1) is 13.8. The van der Waals surface area contributed by atoms with E-state index in [1.807, 2.05) is 18.2 Å². The summed E-state index contributed by atoms with van der Waals surface area (Å²) in [7, 11) is 0. The molecule has 4 rings (SSSR count). The molecule has 2 aliphatic heterocycles. The van der Waals surface area contributed by atoms with Crippen LogP contribution in [0, 0.1) is 5.92 Å². The second-order valence-electron chi connectivity index (χ2n) is 7.87. The average Bonchev–Trinajstić information content (AvgIpc) is 2.94. The summed E-state index contributed by atoms with van der Waals surface area (Å²) < 4.78 is 39.1. The number of aliphatic imine (C=N–C) groups is 1. The van der Waals surface area contributed by atoms with Crippen molar-refractivity contribution in [3.8, 4) is 0 Å². The first-order valence-electron chi connectivity index (χ1n) is 9.83. The number of benzene rings is 2. The van der Waals surface area contributed by atoms with E-state index < -0.39 is 11.7 Å². The standard InChI is InChI=1S/C22H22F3N3O/c1-15-6-5-11-27(13-15)14-28-19-10-3-2-9-18(19)20(21(28)29)26-17-8-4-7-16(12-17)22(23,24)25/h2-4,7-10,12,15H,5-6,11,13-14H2,1H3/p+1/t15-/m0/s1. The lowest BCUT2D eigenvalue weighted by molar-refractivity contribution is -0.907. The fourth-order valence-electron chi connectivity index (χ4n) is 4.17. The Balaban J connectivity index is 1.67. The van der Waals surface area contributed by atoms with Crippen LogP contribution < -0.4 is 9.80 Å². The van der Waals surface area contributed by atoms with Gasteiger partial charge >= 0.3 is 6.18 Å². The summed E-state index contributed by atoms with van der Waals surface area (Å²) in [6, 6.07) is 12.1. The van der Waals surface area contributed by atoms with Crippen molar-refractivity contribution < 1.29 is 22.9 Å². The summed E-state index contributed by atoms with van der Waals surface area (Å²) in [4.78, 5) is 20.5. The van der Waals surface area contributed by atoms with Gasteiger partial charge in [-0.3, -0.25) is 9.69 Å². The predicted octanol–water partition coefficient (Wildman–Crippen LogP) is 3.45. The van der Waals surface area contributed by atoms with Crippen LogP contribution in [0.15, 0.2) is 53.5 Å². The first kappa shape index (κ1) is 19.6. The Hall–Kier alpha value is -2.67. The van der Waals surface area contributed by atoms with Gasteiger partial charge in [0.25, 0.3) is 5.91 Å². The fourth-order valence-corrected chi connectivity index (χ4v) is 4.17. The molecule has 2 aliphatic rings. The highest BCUT2D eigenvalue weighted by Gasteiger charge is 2.37. The second-order valence-corrected chi connectivity index (χ2v) is 7.87. The van der Waals surface area contributed by atoms with Crippen molar-refractivity contribution in [2.24, 2.45) is 10.9 Å². The van der Waals surface area contributed by atoms with E-state index >= 15 is 0 Å². The van der Waals surface area contributed by atoms with Crippen molar-refractivity contribution in [1.29, 1.82) is 0 Å². The van der Waals surface area contributed by atoms with Crippen molar-refractivity contribution in [2.75, 3.05) is 24.7 Å². The number of halogens is 3. The molecule has 0 aromatic heterocycles. The predicted molar refractivity (Wildman–Crippen MR) is 106 cm³/mol. The number of rotatable bonds is 3. The summed E-state index contributed by atoms with van der Waals surface area (Å²) in [6.45, 7) is 4.78. The van der Waals surface area contributed by atoms with Gasteiger partial charge in [0.15, 0.2) is 6.67 Å². The van der Waals surface area contributed by atoms with E-state index in [4.69, 9.17) is 0 Å². The Morgan fingerprint density at radius 3 is 2.72 bits per heavy atom. The maximum atomic E-state index is 13.2. The number of nitrogens with one attached hydrogen (secondary N) is 1. The van der Waals surface area contributed by atoms with Gasteiger partial charge in [-0.2, -0.15) is 13.2 Å². The molecule has 1 N–H and O–H groups in total. The number of nitrogens with zero attached hydrogens (tertiary/aromatic N) is 2. The number of anilines is 1. The number of amides is 1. The molecule has 2 heterocycles. The SMILES string of the molecule is C[C@H]1CCC[NH+](CN2C(=O)C(=Nc3cccc(C(F)(F)F)c3)c3ccccc32)C1. The summed E-state index contributed by atoms with van der Waals surface area (Å²) in [5, 5.41) is 0. The van der Waals surface area contributed by atoms with E-state index in [9.17, 15) is 18.0 Å². The zero-order valence-corrected chi connectivity index (χ0v) is 16.2. The summed E-state index contributed by atoms with van der Waals surface area (Å²) in [6.07, 6.45) is -2.12. The quantitative estimate of drug-likeness (QED) is 0.839. The molecule has 0 radical (unpaired) electrons. The van der Waals surface area contributed by atoms with Crippen LogP contribution >= 0.6 is 0 Å². The Labute approximate surface area is 167 Å². The number of likely N-dealkylation sites (tertiary alicyclic amines) is 1. The summed E-state index contributed by atoms with van der Waals surface area (Å²) >= 11 is 0. The van der Waals surface area contributed by atoms with Crippen molar-refractivity contribution in [3.05, 3.63) is 59.7 Å². The largest absolute Gasteiger partial charge is 0.416 e. The van der Waals surface area contributed by atoms with E-state index in [-0.39, 0.29) is 17.3 Å². The molecule has 2 aromatic carbocycles. The maximum Gasteiger partial charge on any atom is 0.416 e. The van der Waals surface area contributed by atoms with Crippen LogP contribution in [-0.2, 0) is 11.0 Å². The minimum atomic E-state index is -4.45. The molecule has 29 heavy (non-hydrogen) atoms. The number of carbonyl (C=O) groups excluding carboxylic acids is 1. The van der Waals surface area contributed by atoms with E-state index in [0.717, 1.165) is 37.3 Å². The smallest absolute Gasteiger partial charge is 0.317 e. The third kappa shape index (κ3) is 4.05. The zero-order chi connectivity index (χ0) is 20.6. The van der Waals surface area contributed by atoms with E-state index in [1.54, 1.807) is 11.0 Å². The minimum Gasteiger partial charge on any atom is -0.317 e. The summed E-state index contributed by atoms with van der Waals surface area (Å²) in [5.74, 6) is 0.360. The Morgan fingerprint density at radius 2 is 1.97 bits per heavy atom. The minimum absolute atomic E-state index is 0.124. The van der Waals surface area contributed by atoms with Crippen molar-refractivity contribution >= 4 is 23.0 Å². The van der Waals surface area contributed by atoms with Gasteiger partial charge < -0.3 is 4.90 Å². The molecule has 152 valence electrons. The van der Waals surface area contributed by atoms with Crippen LogP contribution in [-0.4, -0.2) is 31.4 Å². The third-order valence-corrected chi connectivity index (χ3v) is 5.56. The molecule has 0 aliphatic carbocycles.